The van der Waals surface area contributed by atoms with Crippen LogP contribution in [-0.4, -0.2) is 43.0 Å². The third-order valence-corrected chi connectivity index (χ3v) is 2.71. The highest BCUT2D eigenvalue weighted by Gasteiger charge is 2.25. The van der Waals surface area contributed by atoms with E-state index in [0.717, 1.165) is 12.6 Å². The molecule has 1 saturated carbocycles. The van der Waals surface area contributed by atoms with Gasteiger partial charge in [-0.25, -0.2) is 0 Å². The zero-order valence-corrected chi connectivity index (χ0v) is 9.12. The first kappa shape index (κ1) is 11.5. The predicted molar refractivity (Wildman–Crippen MR) is 56.9 cm³/mol. The van der Waals surface area contributed by atoms with E-state index in [1.165, 1.54) is 12.8 Å². The molecule has 0 heterocycles. The monoisotopic (exact) mass is 199 g/mol. The first-order valence-corrected chi connectivity index (χ1v) is 5.38. The molecule has 1 aliphatic carbocycles. The normalized spacial score (nSPS) is 18.3. The number of nitrogens with zero attached hydrogens (tertiary/aromatic N) is 1. The van der Waals surface area contributed by atoms with E-state index in [1.54, 1.807) is 0 Å². The van der Waals surface area contributed by atoms with Gasteiger partial charge >= 0.3 is 0 Å². The molecule has 1 amide bonds. The minimum absolute atomic E-state index is 0.0308. The van der Waals surface area contributed by atoms with Crippen molar-refractivity contribution in [2.45, 2.75) is 38.3 Å². The van der Waals surface area contributed by atoms with Crippen molar-refractivity contribution < 1.29 is 4.79 Å². The molecule has 0 aromatic heterocycles. The SMILES string of the molecule is CCC(N)C(=O)NCCN(C)C1CC1. The fourth-order valence-corrected chi connectivity index (χ4v) is 1.37. The Morgan fingerprint density at radius 3 is 2.79 bits per heavy atom. The van der Waals surface area contributed by atoms with Gasteiger partial charge < -0.3 is 16.0 Å². The van der Waals surface area contributed by atoms with Crippen LogP contribution in [-0.2, 0) is 4.79 Å². The summed E-state index contributed by atoms with van der Waals surface area (Å²) in [6, 6.07) is 0.410. The highest BCUT2D eigenvalue weighted by molar-refractivity contribution is 5.81. The summed E-state index contributed by atoms with van der Waals surface area (Å²) >= 11 is 0. The van der Waals surface area contributed by atoms with Crippen molar-refractivity contribution in [3.8, 4) is 0 Å². The Hall–Kier alpha value is -0.610. The van der Waals surface area contributed by atoms with E-state index in [0.29, 0.717) is 13.0 Å². The van der Waals surface area contributed by atoms with Crippen molar-refractivity contribution in [1.29, 1.82) is 0 Å². The molecule has 4 heteroatoms. The van der Waals surface area contributed by atoms with Crippen LogP contribution in [0.4, 0.5) is 0 Å². The molecule has 1 aliphatic rings. The van der Waals surface area contributed by atoms with Gasteiger partial charge in [0.15, 0.2) is 0 Å². The number of nitrogens with two attached hydrogens (primary N) is 1. The quantitative estimate of drug-likeness (QED) is 0.630. The van der Waals surface area contributed by atoms with Gasteiger partial charge in [-0.2, -0.15) is 0 Å². The summed E-state index contributed by atoms with van der Waals surface area (Å²) in [5.41, 5.74) is 5.58. The molecule has 0 saturated heterocycles. The van der Waals surface area contributed by atoms with Gasteiger partial charge in [-0.3, -0.25) is 4.79 Å². The van der Waals surface area contributed by atoms with E-state index >= 15 is 0 Å². The third-order valence-electron chi connectivity index (χ3n) is 2.71. The largest absolute Gasteiger partial charge is 0.353 e. The number of amides is 1. The number of hydrogen-bond acceptors (Lipinski definition) is 3. The highest BCUT2D eigenvalue weighted by Crippen LogP contribution is 2.24. The molecule has 0 aromatic carbocycles. The maximum Gasteiger partial charge on any atom is 0.236 e. The number of likely N-dealkylation sites (N-methyl/N-ethyl adjacent to an activating group) is 1. The lowest BCUT2D eigenvalue weighted by molar-refractivity contribution is -0.122. The van der Waals surface area contributed by atoms with Crippen LogP contribution in [0.1, 0.15) is 26.2 Å². The molecule has 1 fully saturated rings. The van der Waals surface area contributed by atoms with E-state index in [4.69, 9.17) is 5.73 Å². The Balaban J connectivity index is 2.04. The van der Waals surface area contributed by atoms with Crippen molar-refractivity contribution in [2.24, 2.45) is 5.73 Å². The minimum atomic E-state index is -0.346. The van der Waals surface area contributed by atoms with Crippen LogP contribution in [0.15, 0.2) is 0 Å². The lowest BCUT2D eigenvalue weighted by Crippen LogP contribution is -2.43. The number of carbonyl (C=O) groups excluding carboxylic acids is 1. The number of hydrogen-bond donors (Lipinski definition) is 2. The predicted octanol–water partition coefficient (Wildman–Crippen LogP) is -0.0659. The first-order chi connectivity index (χ1) is 6.65. The Labute approximate surface area is 85.8 Å². The lowest BCUT2D eigenvalue weighted by Gasteiger charge is -2.16. The molecule has 0 aromatic rings. The Morgan fingerprint density at radius 1 is 1.64 bits per heavy atom. The zero-order chi connectivity index (χ0) is 10.6. The summed E-state index contributed by atoms with van der Waals surface area (Å²) in [6.45, 7) is 3.55. The lowest BCUT2D eigenvalue weighted by atomic mass is 10.2. The molecule has 0 radical (unpaired) electrons. The molecule has 14 heavy (non-hydrogen) atoms. The molecule has 1 unspecified atom stereocenters. The first-order valence-electron chi connectivity index (χ1n) is 5.38. The van der Waals surface area contributed by atoms with E-state index in [-0.39, 0.29) is 11.9 Å². The van der Waals surface area contributed by atoms with Crippen LogP contribution in [0, 0.1) is 0 Å². The fourth-order valence-electron chi connectivity index (χ4n) is 1.37. The summed E-state index contributed by atoms with van der Waals surface area (Å²) in [6.07, 6.45) is 3.31. The topological polar surface area (TPSA) is 58.4 Å². The zero-order valence-electron chi connectivity index (χ0n) is 9.12. The van der Waals surface area contributed by atoms with Crippen LogP contribution >= 0.6 is 0 Å². The molecule has 0 spiro atoms. The summed E-state index contributed by atoms with van der Waals surface area (Å²) in [5, 5.41) is 2.84. The van der Waals surface area contributed by atoms with E-state index in [1.807, 2.05) is 6.92 Å². The molecule has 3 N–H and O–H groups in total. The number of nitrogens with one attached hydrogen (secondary N) is 1. The number of carbonyl (C=O) groups is 1. The maximum absolute atomic E-state index is 11.3. The number of rotatable bonds is 6. The van der Waals surface area contributed by atoms with Gasteiger partial charge in [-0.1, -0.05) is 6.92 Å². The van der Waals surface area contributed by atoms with Gasteiger partial charge in [0.25, 0.3) is 0 Å². The van der Waals surface area contributed by atoms with Crippen molar-refractivity contribution in [3.63, 3.8) is 0 Å². The smallest absolute Gasteiger partial charge is 0.236 e. The Morgan fingerprint density at radius 2 is 2.29 bits per heavy atom. The summed E-state index contributed by atoms with van der Waals surface area (Å²) < 4.78 is 0. The van der Waals surface area contributed by atoms with Crippen LogP contribution in [0.2, 0.25) is 0 Å². The van der Waals surface area contributed by atoms with Crippen molar-refractivity contribution in [3.05, 3.63) is 0 Å². The molecule has 0 aliphatic heterocycles. The highest BCUT2D eigenvalue weighted by atomic mass is 16.2. The fraction of sp³-hybridized carbons (Fsp3) is 0.900. The average Bonchev–Trinajstić information content (AvgIpc) is 2.99. The van der Waals surface area contributed by atoms with Gasteiger partial charge in [-0.05, 0) is 26.3 Å². The maximum atomic E-state index is 11.3. The third kappa shape index (κ3) is 3.64. The van der Waals surface area contributed by atoms with Crippen LogP contribution in [0.25, 0.3) is 0 Å². The second-order valence-corrected chi connectivity index (χ2v) is 4.02. The van der Waals surface area contributed by atoms with Gasteiger partial charge in [-0.15, -0.1) is 0 Å². The Bertz CT molecular complexity index is 192. The summed E-state index contributed by atoms with van der Waals surface area (Å²) in [5.74, 6) is -0.0308. The molecule has 1 atom stereocenters. The molecule has 0 bridgehead atoms. The molecular formula is C10H21N3O. The van der Waals surface area contributed by atoms with Crippen molar-refractivity contribution in [1.82, 2.24) is 10.2 Å². The van der Waals surface area contributed by atoms with Gasteiger partial charge in [0.2, 0.25) is 5.91 Å². The van der Waals surface area contributed by atoms with Crippen molar-refractivity contribution >= 4 is 5.91 Å². The van der Waals surface area contributed by atoms with Crippen LogP contribution in [0.3, 0.4) is 0 Å². The standard InChI is InChI=1S/C10H21N3O/c1-3-9(11)10(14)12-6-7-13(2)8-4-5-8/h8-9H,3-7,11H2,1-2H3,(H,12,14). The van der Waals surface area contributed by atoms with Gasteiger partial charge in [0, 0.05) is 19.1 Å². The molecule has 4 nitrogen and oxygen atoms in total. The van der Waals surface area contributed by atoms with Crippen molar-refractivity contribution in [2.75, 3.05) is 20.1 Å². The second kappa shape index (κ2) is 5.32. The van der Waals surface area contributed by atoms with Crippen LogP contribution < -0.4 is 11.1 Å². The van der Waals surface area contributed by atoms with Crippen LogP contribution in [0.5, 0.6) is 0 Å². The molecule has 82 valence electrons. The second-order valence-electron chi connectivity index (χ2n) is 4.02. The molecule has 1 rings (SSSR count). The minimum Gasteiger partial charge on any atom is -0.353 e. The van der Waals surface area contributed by atoms with Gasteiger partial charge in [0.1, 0.15) is 0 Å². The summed E-state index contributed by atoms with van der Waals surface area (Å²) in [4.78, 5) is 13.6. The average molecular weight is 199 g/mol. The van der Waals surface area contributed by atoms with Gasteiger partial charge in [0.05, 0.1) is 6.04 Å². The summed E-state index contributed by atoms with van der Waals surface area (Å²) in [7, 11) is 2.10. The van der Waals surface area contributed by atoms with E-state index in [9.17, 15) is 4.79 Å². The Kier molecular flexibility index (Phi) is 4.35. The van der Waals surface area contributed by atoms with E-state index < -0.39 is 0 Å². The van der Waals surface area contributed by atoms with E-state index in [2.05, 4.69) is 17.3 Å². The molecular weight excluding hydrogens is 178 g/mol.